The molecule has 1 heterocycles. The lowest BCUT2D eigenvalue weighted by Crippen LogP contribution is -2.34. The van der Waals surface area contributed by atoms with E-state index < -0.39 is 0 Å². The third-order valence-corrected chi connectivity index (χ3v) is 5.89. The van der Waals surface area contributed by atoms with Crippen molar-refractivity contribution in [1.29, 1.82) is 0 Å². The number of rotatable bonds is 5. The van der Waals surface area contributed by atoms with Crippen molar-refractivity contribution in [3.8, 4) is 11.1 Å². The van der Waals surface area contributed by atoms with Crippen LogP contribution in [0.4, 0.5) is 0 Å². The predicted molar refractivity (Wildman–Crippen MR) is 134 cm³/mol. The van der Waals surface area contributed by atoms with Gasteiger partial charge in [0, 0.05) is 23.8 Å². The number of benzene rings is 3. The molecule has 4 rings (SSSR count). The minimum absolute atomic E-state index is 0.130. The number of aliphatic hydroxyl groups excluding tert-OH is 1. The maximum absolute atomic E-state index is 10.3. The molecule has 3 aromatic rings. The van der Waals surface area contributed by atoms with Crippen molar-refractivity contribution in [3.63, 3.8) is 0 Å². The zero-order valence-corrected chi connectivity index (χ0v) is 19.2. The highest BCUT2D eigenvalue weighted by Crippen LogP contribution is 2.20. The Morgan fingerprint density at radius 2 is 1.55 bits per heavy atom. The van der Waals surface area contributed by atoms with E-state index in [1.165, 1.54) is 16.7 Å². The van der Waals surface area contributed by atoms with Crippen LogP contribution in [-0.4, -0.2) is 35.3 Å². The van der Waals surface area contributed by atoms with Gasteiger partial charge in [-0.3, -0.25) is 10.1 Å². The predicted octanol–water partition coefficient (Wildman–Crippen LogP) is 4.39. The number of nitrogens with one attached hydrogen (secondary N) is 1. The molecular formula is C25H30N2O2S2. The first-order valence-electron chi connectivity index (χ1n) is 10.2. The first-order valence-corrected chi connectivity index (χ1v) is 11.7. The van der Waals surface area contributed by atoms with E-state index in [1.807, 2.05) is 48.5 Å². The van der Waals surface area contributed by atoms with Crippen molar-refractivity contribution in [2.75, 3.05) is 18.9 Å². The largest absolute Gasteiger partial charge is 0.396 e. The van der Waals surface area contributed by atoms with Gasteiger partial charge in [0.25, 0.3) is 0 Å². The van der Waals surface area contributed by atoms with E-state index in [0.29, 0.717) is 0 Å². The lowest BCUT2D eigenvalue weighted by atomic mass is 10.1. The van der Waals surface area contributed by atoms with Gasteiger partial charge in [-0.2, -0.15) is 0 Å². The summed E-state index contributed by atoms with van der Waals surface area (Å²) in [5, 5.41) is 11.3. The second-order valence-corrected chi connectivity index (χ2v) is 8.56. The quantitative estimate of drug-likeness (QED) is 0.432. The van der Waals surface area contributed by atoms with Gasteiger partial charge in [-0.15, -0.1) is 24.4 Å². The summed E-state index contributed by atoms with van der Waals surface area (Å²) >= 11 is 5.81. The molecule has 0 bridgehead atoms. The highest BCUT2D eigenvalue weighted by atomic mass is 32.2. The van der Waals surface area contributed by atoms with E-state index in [-0.39, 0.29) is 17.9 Å². The summed E-state index contributed by atoms with van der Waals surface area (Å²) in [4.78, 5) is 11.3. The SMILES string of the molecule is NC(=O)C1NCCS1.OCCCc1ccccc1.Sc1ccc(-c2ccccc2)cc1. The molecule has 0 saturated carbocycles. The lowest BCUT2D eigenvalue weighted by molar-refractivity contribution is -0.117. The molecule has 31 heavy (non-hydrogen) atoms. The number of hydrogen-bond acceptors (Lipinski definition) is 5. The van der Waals surface area contributed by atoms with Crippen molar-refractivity contribution in [2.24, 2.45) is 5.73 Å². The summed E-state index contributed by atoms with van der Waals surface area (Å²) in [6, 6.07) is 28.7. The molecule has 6 heteroatoms. The zero-order chi connectivity index (χ0) is 22.3. The Kier molecular flexibility index (Phi) is 11.9. The van der Waals surface area contributed by atoms with E-state index in [1.54, 1.807) is 11.8 Å². The van der Waals surface area contributed by atoms with Crippen LogP contribution < -0.4 is 11.1 Å². The summed E-state index contributed by atoms with van der Waals surface area (Å²) < 4.78 is 0. The number of carbonyl (C=O) groups is 1. The van der Waals surface area contributed by atoms with Gasteiger partial charge in [0.15, 0.2) is 0 Å². The third-order valence-electron chi connectivity index (χ3n) is 4.42. The van der Waals surface area contributed by atoms with Crippen LogP contribution in [0.1, 0.15) is 12.0 Å². The third kappa shape index (κ3) is 10.1. The normalized spacial score (nSPS) is 14.6. The molecule has 1 amide bonds. The first-order chi connectivity index (χ1) is 15.1. The number of primary amides is 1. The average molecular weight is 455 g/mol. The van der Waals surface area contributed by atoms with E-state index in [4.69, 9.17) is 10.8 Å². The number of hydrogen-bond donors (Lipinski definition) is 4. The van der Waals surface area contributed by atoms with E-state index in [2.05, 4.69) is 54.3 Å². The minimum Gasteiger partial charge on any atom is -0.396 e. The average Bonchev–Trinajstić information content (AvgIpc) is 3.36. The number of amides is 1. The van der Waals surface area contributed by atoms with Crippen LogP contribution in [0.2, 0.25) is 0 Å². The summed E-state index contributed by atoms with van der Waals surface area (Å²) in [7, 11) is 0. The van der Waals surface area contributed by atoms with Crippen LogP contribution in [0, 0.1) is 0 Å². The van der Waals surface area contributed by atoms with Gasteiger partial charge in [-0.05, 0) is 41.7 Å². The molecule has 0 aromatic heterocycles. The van der Waals surface area contributed by atoms with Crippen molar-refractivity contribution >= 4 is 30.3 Å². The number of carbonyl (C=O) groups excluding carboxylic acids is 1. The van der Waals surface area contributed by atoms with Gasteiger partial charge >= 0.3 is 0 Å². The van der Waals surface area contributed by atoms with Gasteiger partial charge in [0.05, 0.1) is 0 Å². The monoisotopic (exact) mass is 454 g/mol. The number of aliphatic hydroxyl groups is 1. The molecule has 0 aliphatic carbocycles. The molecule has 1 unspecified atom stereocenters. The Morgan fingerprint density at radius 3 is 2.03 bits per heavy atom. The topological polar surface area (TPSA) is 75.4 Å². The summed E-state index contributed by atoms with van der Waals surface area (Å²) in [5.74, 6) is 0.737. The van der Waals surface area contributed by atoms with Crippen molar-refractivity contribution in [2.45, 2.75) is 23.1 Å². The molecule has 4 nitrogen and oxygen atoms in total. The molecule has 164 valence electrons. The number of aryl methyl sites for hydroxylation is 1. The fraction of sp³-hybridized carbons (Fsp3) is 0.240. The Morgan fingerprint density at radius 1 is 0.968 bits per heavy atom. The highest BCUT2D eigenvalue weighted by Gasteiger charge is 2.18. The molecule has 1 saturated heterocycles. The number of thioether (sulfide) groups is 1. The van der Waals surface area contributed by atoms with Gasteiger partial charge in [0.2, 0.25) is 5.91 Å². The molecule has 0 spiro atoms. The maximum Gasteiger partial charge on any atom is 0.244 e. The van der Waals surface area contributed by atoms with Gasteiger partial charge in [-0.25, -0.2) is 0 Å². The van der Waals surface area contributed by atoms with Crippen LogP contribution in [0.5, 0.6) is 0 Å². The molecule has 1 aliphatic heterocycles. The molecule has 1 fully saturated rings. The number of nitrogens with two attached hydrogens (primary N) is 1. The Labute approximate surface area is 194 Å². The Balaban J connectivity index is 0.000000171. The first kappa shape index (κ1) is 25.0. The van der Waals surface area contributed by atoms with Crippen molar-refractivity contribution < 1.29 is 9.90 Å². The second kappa shape index (κ2) is 14.7. The molecule has 1 atom stereocenters. The molecule has 4 N–H and O–H groups in total. The van der Waals surface area contributed by atoms with E-state index >= 15 is 0 Å². The summed E-state index contributed by atoms with van der Waals surface area (Å²) in [6.45, 7) is 1.19. The van der Waals surface area contributed by atoms with Crippen LogP contribution in [0.15, 0.2) is 89.8 Å². The Hall–Kier alpha value is -2.25. The zero-order valence-electron chi connectivity index (χ0n) is 17.5. The molecule has 0 radical (unpaired) electrons. The van der Waals surface area contributed by atoms with Crippen LogP contribution in [0.3, 0.4) is 0 Å². The maximum atomic E-state index is 10.3. The van der Waals surface area contributed by atoms with Crippen LogP contribution in [0.25, 0.3) is 11.1 Å². The van der Waals surface area contributed by atoms with E-state index in [9.17, 15) is 4.79 Å². The summed E-state index contributed by atoms with van der Waals surface area (Å²) in [6.07, 6.45) is 1.85. The van der Waals surface area contributed by atoms with Crippen LogP contribution in [-0.2, 0) is 11.2 Å². The standard InChI is InChI=1S/C12H10S.C9H12O.C4H8N2OS/c13-12-8-6-11(7-9-12)10-4-2-1-3-5-10;10-8-4-7-9-5-2-1-3-6-9;5-3(7)4-6-1-2-8-4/h1-9,13H;1-3,5-6,10H,4,7-8H2;4,6H,1-2H2,(H2,5,7). The highest BCUT2D eigenvalue weighted by molar-refractivity contribution is 8.00. The van der Waals surface area contributed by atoms with Gasteiger partial charge in [0.1, 0.15) is 5.37 Å². The smallest absolute Gasteiger partial charge is 0.244 e. The fourth-order valence-electron chi connectivity index (χ4n) is 2.82. The second-order valence-electron chi connectivity index (χ2n) is 6.83. The minimum atomic E-state index is -0.257. The van der Waals surface area contributed by atoms with Crippen LogP contribution >= 0.6 is 24.4 Å². The van der Waals surface area contributed by atoms with Crippen molar-refractivity contribution in [1.82, 2.24) is 5.32 Å². The van der Waals surface area contributed by atoms with Crippen molar-refractivity contribution in [3.05, 3.63) is 90.5 Å². The Bertz CT molecular complexity index is 869. The van der Waals surface area contributed by atoms with Gasteiger partial charge in [-0.1, -0.05) is 72.8 Å². The summed E-state index contributed by atoms with van der Waals surface area (Å²) in [5.41, 5.74) is 8.76. The molecule has 3 aromatic carbocycles. The van der Waals surface area contributed by atoms with E-state index in [0.717, 1.165) is 30.0 Å². The lowest BCUT2D eigenvalue weighted by Gasteiger charge is -2.00. The molecular weight excluding hydrogens is 424 g/mol. The molecule has 1 aliphatic rings. The van der Waals surface area contributed by atoms with Gasteiger partial charge < -0.3 is 10.8 Å². The fourth-order valence-corrected chi connectivity index (χ4v) is 3.84. The number of thiol groups is 1.